The quantitative estimate of drug-likeness (QED) is 0.362. The van der Waals surface area contributed by atoms with E-state index in [-0.39, 0.29) is 17.4 Å². The van der Waals surface area contributed by atoms with Crippen molar-refractivity contribution in [2.24, 2.45) is 5.92 Å². The van der Waals surface area contributed by atoms with E-state index in [0.29, 0.717) is 17.9 Å². The maximum absolute atomic E-state index is 14.0. The molecule has 2 saturated heterocycles. The summed E-state index contributed by atoms with van der Waals surface area (Å²) in [5.74, 6) is -0.595. The molecular weight excluding hydrogens is 500 g/mol. The van der Waals surface area contributed by atoms with Gasteiger partial charge < -0.3 is 24.8 Å². The molecule has 0 bridgehead atoms. The Morgan fingerprint density at radius 3 is 2.63 bits per heavy atom. The number of hydrogen-bond acceptors (Lipinski definition) is 5. The molecule has 7 nitrogen and oxygen atoms in total. The highest BCUT2D eigenvalue weighted by atomic mass is 35.5. The first-order valence-corrected chi connectivity index (χ1v) is 14.0. The summed E-state index contributed by atoms with van der Waals surface area (Å²) in [7, 11) is 2.15. The summed E-state index contributed by atoms with van der Waals surface area (Å²) >= 11 is 6.36. The number of carbonyl (C=O) groups is 2. The molecule has 2 fully saturated rings. The molecule has 200 valence electrons. The first-order valence-electron chi connectivity index (χ1n) is 13.6. The third kappa shape index (κ3) is 4.21. The van der Waals surface area contributed by atoms with Crippen LogP contribution in [0.3, 0.4) is 0 Å². The van der Waals surface area contributed by atoms with Crippen LogP contribution in [0.4, 0.5) is 0 Å². The molecule has 2 aromatic carbocycles. The highest BCUT2D eigenvalue weighted by molar-refractivity contribution is 6.31. The fourth-order valence-electron chi connectivity index (χ4n) is 6.76. The van der Waals surface area contributed by atoms with Crippen molar-refractivity contribution < 1.29 is 14.7 Å². The minimum Gasteiger partial charge on any atom is -0.508 e. The van der Waals surface area contributed by atoms with E-state index >= 15 is 0 Å². The third-order valence-electron chi connectivity index (χ3n) is 8.87. The standard InChI is InChI=1S/C30H35ClN4O3/c1-30-18-24-23-17-20(31)9-10-25(23)32-26(24)27(19-6-5-7-21(36)16-19)35(30)29(38)22(28(30)37)8-3-4-11-34-14-12-33(2)13-15-34/h5-7,9-10,16-17,22,27,32,36H,3-4,8,11-15,18H2,1-2H3/t22?,27-,30+/m1/s1. The number of rotatable bonds is 6. The number of hydrogen-bond donors (Lipinski definition) is 2. The number of amides is 1. The van der Waals surface area contributed by atoms with Gasteiger partial charge in [-0.3, -0.25) is 9.59 Å². The van der Waals surface area contributed by atoms with E-state index in [1.807, 2.05) is 31.2 Å². The Hall–Kier alpha value is -2.87. The van der Waals surface area contributed by atoms with Crippen LogP contribution >= 0.6 is 11.6 Å². The number of piperazine rings is 1. The molecule has 0 spiro atoms. The lowest BCUT2D eigenvalue weighted by molar-refractivity contribution is -0.136. The van der Waals surface area contributed by atoms with E-state index in [0.717, 1.165) is 73.3 Å². The Morgan fingerprint density at radius 2 is 1.87 bits per heavy atom. The van der Waals surface area contributed by atoms with E-state index in [1.165, 1.54) is 0 Å². The number of fused-ring (bicyclic) bond motifs is 4. The highest BCUT2D eigenvalue weighted by Crippen LogP contribution is 2.50. The number of nitrogens with zero attached hydrogens (tertiary/aromatic N) is 3. The van der Waals surface area contributed by atoms with Crippen LogP contribution in [0.15, 0.2) is 42.5 Å². The molecule has 1 aromatic heterocycles. The molecule has 3 aliphatic rings. The average Bonchev–Trinajstić information content (AvgIpc) is 3.33. The van der Waals surface area contributed by atoms with Gasteiger partial charge in [-0.15, -0.1) is 0 Å². The molecule has 2 N–H and O–H groups in total. The zero-order chi connectivity index (χ0) is 26.6. The smallest absolute Gasteiger partial charge is 0.234 e. The number of phenols is 1. The number of aromatic nitrogens is 1. The number of halogens is 1. The molecule has 1 amide bonds. The van der Waals surface area contributed by atoms with Gasteiger partial charge in [-0.2, -0.15) is 0 Å². The molecule has 4 heterocycles. The van der Waals surface area contributed by atoms with Gasteiger partial charge in [-0.25, -0.2) is 0 Å². The number of unbranched alkanes of at least 4 members (excludes halogenated alkanes) is 1. The molecule has 6 rings (SSSR count). The Labute approximate surface area is 228 Å². The maximum Gasteiger partial charge on any atom is 0.234 e. The zero-order valence-electron chi connectivity index (χ0n) is 22.0. The molecular formula is C30H35ClN4O3. The van der Waals surface area contributed by atoms with Crippen molar-refractivity contribution in [2.75, 3.05) is 39.8 Å². The lowest BCUT2D eigenvalue weighted by atomic mass is 9.79. The van der Waals surface area contributed by atoms with Crippen LogP contribution in [0.1, 0.15) is 49.0 Å². The van der Waals surface area contributed by atoms with Gasteiger partial charge in [0.25, 0.3) is 0 Å². The van der Waals surface area contributed by atoms with Crippen LogP contribution in [0.25, 0.3) is 10.9 Å². The van der Waals surface area contributed by atoms with E-state index in [9.17, 15) is 14.7 Å². The van der Waals surface area contributed by atoms with Gasteiger partial charge in [0.1, 0.15) is 11.3 Å². The molecule has 0 radical (unpaired) electrons. The number of aromatic hydroxyl groups is 1. The fourth-order valence-corrected chi connectivity index (χ4v) is 6.93. The first-order chi connectivity index (χ1) is 18.3. The second kappa shape index (κ2) is 9.70. The van der Waals surface area contributed by atoms with Gasteiger partial charge in [-0.1, -0.05) is 30.2 Å². The number of phenolic OH excluding ortho intramolecular Hbond substituents is 1. The molecule has 1 unspecified atom stereocenters. The summed E-state index contributed by atoms with van der Waals surface area (Å²) in [6.45, 7) is 7.25. The van der Waals surface area contributed by atoms with Crippen LogP contribution in [0.2, 0.25) is 5.02 Å². The van der Waals surface area contributed by atoms with Crippen LogP contribution in [-0.4, -0.2) is 81.8 Å². The fraction of sp³-hybridized carbons (Fsp3) is 0.467. The molecule has 3 aromatic rings. The average molecular weight is 535 g/mol. The Balaban J connectivity index is 1.30. The lowest BCUT2D eigenvalue weighted by Crippen LogP contribution is -2.53. The molecule has 8 heteroatoms. The predicted octanol–water partition coefficient (Wildman–Crippen LogP) is 4.38. The van der Waals surface area contributed by atoms with Crippen molar-refractivity contribution in [1.29, 1.82) is 0 Å². The van der Waals surface area contributed by atoms with E-state index in [2.05, 4.69) is 21.8 Å². The van der Waals surface area contributed by atoms with Gasteiger partial charge in [0.15, 0.2) is 5.78 Å². The number of Topliss-reactive ketones (excluding diaryl/α,β-unsaturated/α-hetero) is 1. The lowest BCUT2D eigenvalue weighted by Gasteiger charge is -2.44. The van der Waals surface area contributed by atoms with Crippen LogP contribution in [0, 0.1) is 5.92 Å². The van der Waals surface area contributed by atoms with E-state index in [4.69, 9.17) is 11.6 Å². The SMILES string of the molecule is CN1CCN(CCCCC2C(=O)N3[C@H](c4cccc(O)c4)c4[nH]c5ccc(Cl)cc5c4C[C@@]3(C)C2=O)CC1. The van der Waals surface area contributed by atoms with E-state index < -0.39 is 17.5 Å². The van der Waals surface area contributed by atoms with E-state index in [1.54, 1.807) is 23.1 Å². The van der Waals surface area contributed by atoms with Gasteiger partial charge in [0.05, 0.1) is 12.0 Å². The Morgan fingerprint density at radius 1 is 1.08 bits per heavy atom. The predicted molar refractivity (Wildman–Crippen MR) is 148 cm³/mol. The number of ketones is 1. The second-order valence-electron chi connectivity index (χ2n) is 11.4. The third-order valence-corrected chi connectivity index (χ3v) is 9.10. The Kier molecular flexibility index (Phi) is 6.49. The van der Waals surface area contributed by atoms with Gasteiger partial charge in [0.2, 0.25) is 5.91 Å². The second-order valence-corrected chi connectivity index (χ2v) is 11.9. The van der Waals surface area contributed by atoms with Crippen molar-refractivity contribution in [2.45, 2.75) is 44.2 Å². The molecule has 0 saturated carbocycles. The number of nitrogens with one attached hydrogen (secondary N) is 1. The monoisotopic (exact) mass is 534 g/mol. The minimum atomic E-state index is -0.959. The summed E-state index contributed by atoms with van der Waals surface area (Å²) in [4.78, 5) is 38.2. The largest absolute Gasteiger partial charge is 0.508 e. The van der Waals surface area contributed by atoms with Gasteiger partial charge in [0, 0.05) is 54.2 Å². The summed E-state index contributed by atoms with van der Waals surface area (Å²) < 4.78 is 0. The van der Waals surface area contributed by atoms with Crippen molar-refractivity contribution in [1.82, 2.24) is 19.7 Å². The Bertz CT molecular complexity index is 1400. The number of H-pyrrole nitrogens is 1. The number of likely N-dealkylation sites (N-methyl/N-ethyl adjacent to an activating group) is 1. The number of benzene rings is 2. The number of aromatic amines is 1. The molecule has 0 aliphatic carbocycles. The van der Waals surface area contributed by atoms with Crippen molar-refractivity contribution in [3.05, 3.63) is 64.3 Å². The van der Waals surface area contributed by atoms with Crippen molar-refractivity contribution >= 4 is 34.2 Å². The van der Waals surface area contributed by atoms with Gasteiger partial charge in [-0.05, 0) is 74.8 Å². The normalized spacial score (nSPS) is 26.2. The summed E-state index contributed by atoms with van der Waals surface area (Å²) in [5, 5.41) is 11.9. The van der Waals surface area contributed by atoms with Crippen LogP contribution < -0.4 is 0 Å². The molecule has 3 aliphatic heterocycles. The van der Waals surface area contributed by atoms with Crippen molar-refractivity contribution in [3.8, 4) is 5.75 Å². The molecule has 3 atom stereocenters. The van der Waals surface area contributed by atoms with Crippen LogP contribution in [-0.2, 0) is 16.0 Å². The maximum atomic E-state index is 14.0. The summed E-state index contributed by atoms with van der Waals surface area (Å²) in [5.41, 5.74) is 2.66. The highest BCUT2D eigenvalue weighted by Gasteiger charge is 2.60. The number of carbonyl (C=O) groups excluding carboxylic acids is 2. The summed E-state index contributed by atoms with van der Waals surface area (Å²) in [6.07, 6.45) is 2.85. The summed E-state index contributed by atoms with van der Waals surface area (Å²) in [6, 6.07) is 12.2. The molecule has 38 heavy (non-hydrogen) atoms. The minimum absolute atomic E-state index is 0.00859. The van der Waals surface area contributed by atoms with Gasteiger partial charge >= 0.3 is 0 Å². The first kappa shape index (κ1) is 25.4. The van der Waals surface area contributed by atoms with Crippen LogP contribution in [0.5, 0.6) is 5.75 Å². The van der Waals surface area contributed by atoms with Crippen molar-refractivity contribution in [3.63, 3.8) is 0 Å². The zero-order valence-corrected chi connectivity index (χ0v) is 22.8. The topological polar surface area (TPSA) is 79.9 Å².